The van der Waals surface area contributed by atoms with Crippen LogP contribution in [0.5, 0.6) is 0 Å². The van der Waals surface area contributed by atoms with E-state index in [0.29, 0.717) is 32.4 Å². The molecule has 0 radical (unpaired) electrons. The number of benzene rings is 2. The molecule has 1 N–H and O–H groups in total. The molecule has 6 nitrogen and oxygen atoms in total. The third-order valence-corrected chi connectivity index (χ3v) is 6.14. The van der Waals surface area contributed by atoms with E-state index in [1.807, 2.05) is 60.7 Å². The van der Waals surface area contributed by atoms with Crippen LogP contribution in [0.25, 0.3) is 0 Å². The van der Waals surface area contributed by atoms with Crippen molar-refractivity contribution < 1.29 is 19.1 Å². The van der Waals surface area contributed by atoms with Gasteiger partial charge in [0.05, 0.1) is 6.04 Å². The summed E-state index contributed by atoms with van der Waals surface area (Å²) in [5, 5.41) is 2.89. The van der Waals surface area contributed by atoms with Crippen LogP contribution in [0.2, 0.25) is 0 Å². The summed E-state index contributed by atoms with van der Waals surface area (Å²) in [5.41, 5.74) is 0.0987. The molecule has 33 heavy (non-hydrogen) atoms. The Morgan fingerprint density at radius 2 is 1.61 bits per heavy atom. The first-order valence-corrected chi connectivity index (χ1v) is 11.5. The van der Waals surface area contributed by atoms with Crippen molar-refractivity contribution in [2.24, 2.45) is 5.41 Å². The minimum Gasteiger partial charge on any atom is -0.444 e. The number of nitrogens with one attached hydrogen (secondary N) is 1. The summed E-state index contributed by atoms with van der Waals surface area (Å²) in [6, 6.07) is 18.9. The van der Waals surface area contributed by atoms with E-state index >= 15 is 0 Å². The van der Waals surface area contributed by atoms with Crippen LogP contribution < -0.4 is 5.32 Å². The molecule has 0 spiro atoms. The zero-order chi connectivity index (χ0) is 24.1. The average molecular weight is 451 g/mol. The van der Waals surface area contributed by atoms with Crippen molar-refractivity contribution in [3.8, 4) is 0 Å². The lowest BCUT2D eigenvalue weighted by Gasteiger charge is -2.35. The fraction of sp³-hybridized carbons (Fsp3) is 0.444. The Balaban J connectivity index is 1.87. The van der Waals surface area contributed by atoms with E-state index in [-0.39, 0.29) is 11.7 Å². The molecular formula is C27H34N2O4. The highest BCUT2D eigenvalue weighted by atomic mass is 16.6. The van der Waals surface area contributed by atoms with Crippen LogP contribution in [0.3, 0.4) is 0 Å². The zero-order valence-corrected chi connectivity index (χ0v) is 20.0. The molecule has 0 saturated carbocycles. The maximum absolute atomic E-state index is 13.7. The van der Waals surface area contributed by atoms with Crippen molar-refractivity contribution in [1.29, 1.82) is 0 Å². The predicted octanol–water partition coefficient (Wildman–Crippen LogP) is 4.52. The molecule has 2 aromatic carbocycles. The number of rotatable bonds is 8. The van der Waals surface area contributed by atoms with Crippen molar-refractivity contribution >= 4 is 17.8 Å². The number of carbonyl (C=O) groups is 3. The smallest absolute Gasteiger partial charge is 0.407 e. The molecule has 2 atom stereocenters. The quantitative estimate of drug-likeness (QED) is 0.600. The second-order valence-corrected chi connectivity index (χ2v) is 9.71. The largest absolute Gasteiger partial charge is 0.444 e. The molecule has 2 aromatic rings. The average Bonchev–Trinajstić information content (AvgIpc) is 3.08. The SMILES string of the molecule is CC(=O)C1(C(CCc2ccccc2)NC(=O)OC(C)(C)C)CCN(Cc2ccccc2)C1=O. The van der Waals surface area contributed by atoms with Crippen molar-refractivity contribution in [2.45, 2.75) is 65.1 Å². The minimum absolute atomic E-state index is 0.225. The molecule has 1 heterocycles. The third-order valence-electron chi connectivity index (χ3n) is 6.14. The molecular weight excluding hydrogens is 416 g/mol. The summed E-state index contributed by atoms with van der Waals surface area (Å²) in [4.78, 5) is 41.2. The maximum Gasteiger partial charge on any atom is 0.407 e. The Morgan fingerprint density at radius 1 is 1.03 bits per heavy atom. The van der Waals surface area contributed by atoms with E-state index in [2.05, 4.69) is 5.32 Å². The normalized spacial score (nSPS) is 19.3. The number of ketones is 1. The maximum atomic E-state index is 13.7. The number of ether oxygens (including phenoxy) is 1. The van der Waals surface area contributed by atoms with E-state index in [9.17, 15) is 14.4 Å². The number of hydrogen-bond acceptors (Lipinski definition) is 4. The standard InChI is InChI=1S/C27H34N2O4/c1-20(30)27(17-18-29(24(27)31)19-22-13-9-6-10-14-22)23(28-25(32)33-26(2,3)4)16-15-21-11-7-5-8-12-21/h5-14,23H,15-19H2,1-4H3,(H,28,32). The molecule has 0 aliphatic carbocycles. The number of aryl methyl sites for hydroxylation is 1. The zero-order valence-electron chi connectivity index (χ0n) is 20.0. The van der Waals surface area contributed by atoms with Crippen molar-refractivity contribution in [3.63, 3.8) is 0 Å². The van der Waals surface area contributed by atoms with Crippen LogP contribution in [0.1, 0.15) is 51.7 Å². The summed E-state index contributed by atoms with van der Waals surface area (Å²) in [7, 11) is 0. The van der Waals surface area contributed by atoms with Gasteiger partial charge in [-0.05, 0) is 58.1 Å². The number of likely N-dealkylation sites (tertiary alicyclic amines) is 1. The number of carbonyl (C=O) groups excluding carboxylic acids is 3. The van der Waals surface area contributed by atoms with E-state index in [1.165, 1.54) is 6.92 Å². The first kappa shape index (κ1) is 24.5. The Hall–Kier alpha value is -3.15. The topological polar surface area (TPSA) is 75.7 Å². The summed E-state index contributed by atoms with van der Waals surface area (Å²) >= 11 is 0. The van der Waals surface area contributed by atoms with Crippen LogP contribution >= 0.6 is 0 Å². The van der Waals surface area contributed by atoms with Gasteiger partial charge in [-0.15, -0.1) is 0 Å². The first-order chi connectivity index (χ1) is 15.6. The summed E-state index contributed by atoms with van der Waals surface area (Å²) < 4.78 is 5.48. The second kappa shape index (κ2) is 10.2. The van der Waals surface area contributed by atoms with Gasteiger partial charge in [0.15, 0.2) is 0 Å². The van der Waals surface area contributed by atoms with E-state index in [4.69, 9.17) is 4.74 Å². The van der Waals surface area contributed by atoms with Crippen molar-refractivity contribution in [1.82, 2.24) is 10.2 Å². The van der Waals surface area contributed by atoms with Crippen molar-refractivity contribution in [2.75, 3.05) is 6.54 Å². The van der Waals surface area contributed by atoms with Crippen LogP contribution in [0.4, 0.5) is 4.79 Å². The number of alkyl carbamates (subject to hydrolysis) is 1. The first-order valence-electron chi connectivity index (χ1n) is 11.5. The Morgan fingerprint density at radius 3 is 2.15 bits per heavy atom. The van der Waals surface area contributed by atoms with Gasteiger partial charge in [-0.2, -0.15) is 0 Å². The van der Waals surface area contributed by atoms with Gasteiger partial charge in [0, 0.05) is 13.1 Å². The van der Waals surface area contributed by atoms with E-state index < -0.39 is 23.2 Å². The number of nitrogens with zero attached hydrogens (tertiary/aromatic N) is 1. The van der Waals surface area contributed by atoms with Crippen LogP contribution in [0, 0.1) is 5.41 Å². The van der Waals surface area contributed by atoms with E-state index in [1.54, 1.807) is 25.7 Å². The molecule has 1 aliphatic heterocycles. The Kier molecular flexibility index (Phi) is 7.57. The highest BCUT2D eigenvalue weighted by Gasteiger charge is 2.56. The van der Waals surface area contributed by atoms with Gasteiger partial charge in [-0.1, -0.05) is 60.7 Å². The number of hydrogen-bond donors (Lipinski definition) is 1. The Bertz CT molecular complexity index is 969. The van der Waals surface area contributed by atoms with Gasteiger partial charge < -0.3 is 15.0 Å². The van der Waals surface area contributed by atoms with Gasteiger partial charge in [-0.3, -0.25) is 9.59 Å². The lowest BCUT2D eigenvalue weighted by Crippen LogP contribution is -2.56. The predicted molar refractivity (Wildman–Crippen MR) is 128 cm³/mol. The molecule has 2 unspecified atom stereocenters. The second-order valence-electron chi connectivity index (χ2n) is 9.71. The molecule has 1 fully saturated rings. The highest BCUT2D eigenvalue weighted by molar-refractivity contribution is 6.07. The summed E-state index contributed by atoms with van der Waals surface area (Å²) in [6.45, 7) is 7.71. The van der Waals surface area contributed by atoms with Crippen LogP contribution in [-0.4, -0.2) is 40.9 Å². The van der Waals surface area contributed by atoms with Crippen molar-refractivity contribution in [3.05, 3.63) is 71.8 Å². The van der Waals surface area contributed by atoms with Gasteiger partial charge in [-0.25, -0.2) is 4.79 Å². The Labute approximate surface area is 196 Å². The fourth-order valence-electron chi connectivity index (χ4n) is 4.50. The highest BCUT2D eigenvalue weighted by Crippen LogP contribution is 2.39. The van der Waals surface area contributed by atoms with Gasteiger partial charge in [0.1, 0.15) is 16.8 Å². The summed E-state index contributed by atoms with van der Waals surface area (Å²) in [6.07, 6.45) is 0.828. The summed E-state index contributed by atoms with van der Waals surface area (Å²) in [5.74, 6) is -0.454. The number of amides is 2. The molecule has 1 aliphatic rings. The molecule has 1 saturated heterocycles. The van der Waals surface area contributed by atoms with Gasteiger partial charge >= 0.3 is 6.09 Å². The van der Waals surface area contributed by atoms with Gasteiger partial charge in [0.25, 0.3) is 0 Å². The molecule has 176 valence electrons. The lowest BCUT2D eigenvalue weighted by molar-refractivity contribution is -0.145. The molecule has 0 bridgehead atoms. The van der Waals surface area contributed by atoms with E-state index in [0.717, 1.165) is 11.1 Å². The molecule has 2 amide bonds. The molecule has 3 rings (SSSR count). The van der Waals surface area contributed by atoms with Gasteiger partial charge in [0.2, 0.25) is 5.91 Å². The molecule has 0 aromatic heterocycles. The van der Waals surface area contributed by atoms with Crippen LogP contribution in [-0.2, 0) is 27.3 Å². The third kappa shape index (κ3) is 6.01. The lowest BCUT2D eigenvalue weighted by atomic mass is 9.73. The fourth-order valence-corrected chi connectivity index (χ4v) is 4.50. The minimum atomic E-state index is -1.31. The van der Waals surface area contributed by atoms with Crippen LogP contribution in [0.15, 0.2) is 60.7 Å². The molecule has 6 heteroatoms. The monoisotopic (exact) mass is 450 g/mol. The number of Topliss-reactive ketones (excluding diaryl/α,β-unsaturated/α-hetero) is 1.